The zero-order valence-corrected chi connectivity index (χ0v) is 22.1. The van der Waals surface area contributed by atoms with E-state index in [1.54, 1.807) is 41.3 Å². The highest BCUT2D eigenvalue weighted by Gasteiger charge is 2.43. The molecule has 0 bridgehead atoms. The van der Waals surface area contributed by atoms with Gasteiger partial charge in [-0.15, -0.1) is 4.91 Å². The molecule has 0 aliphatic carbocycles. The van der Waals surface area contributed by atoms with Crippen LogP contribution in [-0.2, 0) is 4.79 Å². The molecule has 36 heavy (non-hydrogen) atoms. The second-order valence-corrected chi connectivity index (χ2v) is 10.7. The summed E-state index contributed by atoms with van der Waals surface area (Å²) in [5.41, 5.74) is 9.02. The molecule has 2 fully saturated rings. The quantitative estimate of drug-likeness (QED) is 0.409. The van der Waals surface area contributed by atoms with Gasteiger partial charge in [0.05, 0.1) is 23.6 Å². The van der Waals surface area contributed by atoms with Gasteiger partial charge in [-0.05, 0) is 60.3 Å². The van der Waals surface area contributed by atoms with Gasteiger partial charge in [0.2, 0.25) is 5.91 Å². The molecule has 2 N–H and O–H groups in total. The molecule has 1 aromatic carbocycles. The van der Waals surface area contributed by atoms with Crippen molar-refractivity contribution in [2.45, 2.75) is 18.8 Å². The first-order chi connectivity index (χ1) is 17.2. The third-order valence-electron chi connectivity index (χ3n) is 7.01. The van der Waals surface area contributed by atoms with Crippen LogP contribution in [0.4, 0.5) is 4.39 Å². The SMILES string of the molecule is CN1CC2(CCN(C(=O)CN(CN=O)/C(=C(\N)c3ccc(Cl)cc3)c3ccnc(C(F)P)c3)CC2)C1. The summed E-state index contributed by atoms with van der Waals surface area (Å²) in [6, 6.07) is 10.1. The predicted molar refractivity (Wildman–Crippen MR) is 143 cm³/mol. The summed E-state index contributed by atoms with van der Waals surface area (Å²) in [7, 11) is 4.18. The standard InChI is InChI=1S/C25H31ClFN6O2P/c1-31-14-25(15-31)7-10-32(11-8-25)21(34)13-33(16-30-35)23(18-6-9-29-20(12-18)24(27)36)22(28)17-2-4-19(26)5-3-17/h2-6,9,12,24H,7-8,10-11,13-16,28,36H2,1H3/b23-22-. The van der Waals surface area contributed by atoms with Crippen molar-refractivity contribution in [2.24, 2.45) is 16.3 Å². The number of aromatic nitrogens is 1. The molecule has 2 aliphatic rings. The minimum atomic E-state index is -1.38. The summed E-state index contributed by atoms with van der Waals surface area (Å²) in [5.74, 6) is -1.49. The van der Waals surface area contributed by atoms with Gasteiger partial charge in [-0.2, -0.15) is 0 Å². The van der Waals surface area contributed by atoms with Crippen molar-refractivity contribution in [1.29, 1.82) is 0 Å². The second-order valence-electron chi connectivity index (χ2n) is 9.66. The third-order valence-corrected chi connectivity index (χ3v) is 7.60. The number of hydrogen-bond acceptors (Lipinski definition) is 7. The van der Waals surface area contributed by atoms with Gasteiger partial charge in [0.1, 0.15) is 0 Å². The Hall–Kier alpha value is -2.61. The maximum absolute atomic E-state index is 14.1. The second kappa shape index (κ2) is 11.2. The van der Waals surface area contributed by atoms with Crippen LogP contribution in [0.1, 0.15) is 35.6 Å². The number of nitrogens with zero attached hydrogens (tertiary/aromatic N) is 5. The van der Waals surface area contributed by atoms with E-state index in [1.807, 2.05) is 4.90 Å². The Morgan fingerprint density at radius 2 is 1.92 bits per heavy atom. The molecular weight excluding hydrogens is 502 g/mol. The average molecular weight is 533 g/mol. The van der Waals surface area contributed by atoms with Crippen LogP contribution in [0.3, 0.4) is 0 Å². The van der Waals surface area contributed by atoms with Crippen LogP contribution in [0.2, 0.25) is 5.02 Å². The van der Waals surface area contributed by atoms with E-state index in [4.69, 9.17) is 17.3 Å². The fourth-order valence-corrected chi connectivity index (χ4v) is 5.51. The molecular formula is C25H31ClFN6O2P. The van der Waals surface area contributed by atoms with Crippen molar-refractivity contribution in [3.8, 4) is 0 Å². The zero-order valence-electron chi connectivity index (χ0n) is 20.2. The monoisotopic (exact) mass is 532 g/mol. The van der Waals surface area contributed by atoms with E-state index in [0.717, 1.165) is 25.9 Å². The minimum absolute atomic E-state index is 0.0835. The van der Waals surface area contributed by atoms with Gasteiger partial charge in [-0.25, -0.2) is 4.39 Å². The largest absolute Gasteiger partial charge is 0.397 e. The van der Waals surface area contributed by atoms with Crippen LogP contribution in [0.15, 0.2) is 47.8 Å². The highest BCUT2D eigenvalue weighted by Crippen LogP contribution is 2.39. The molecule has 0 radical (unpaired) electrons. The fraction of sp³-hybridized carbons (Fsp3) is 0.440. The number of amides is 1. The fourth-order valence-electron chi connectivity index (χ4n) is 5.20. The van der Waals surface area contributed by atoms with Crippen molar-refractivity contribution in [3.05, 3.63) is 69.3 Å². The molecule has 11 heteroatoms. The van der Waals surface area contributed by atoms with Gasteiger partial charge < -0.3 is 20.4 Å². The van der Waals surface area contributed by atoms with Crippen LogP contribution >= 0.6 is 20.8 Å². The molecule has 0 saturated carbocycles. The van der Waals surface area contributed by atoms with Crippen molar-refractivity contribution < 1.29 is 9.18 Å². The number of benzene rings is 1. The van der Waals surface area contributed by atoms with Crippen LogP contribution in [-0.4, -0.2) is 72.0 Å². The summed E-state index contributed by atoms with van der Waals surface area (Å²) >= 11 is 6.05. The lowest BCUT2D eigenvalue weighted by Crippen LogP contribution is -2.59. The number of halogens is 2. The number of piperidine rings is 1. The molecule has 2 unspecified atom stereocenters. The van der Waals surface area contributed by atoms with Crippen LogP contribution in [0.5, 0.6) is 0 Å². The Morgan fingerprint density at radius 3 is 2.50 bits per heavy atom. The van der Waals surface area contributed by atoms with E-state index < -0.39 is 5.91 Å². The van der Waals surface area contributed by atoms with Gasteiger partial charge in [-0.1, -0.05) is 33.0 Å². The van der Waals surface area contributed by atoms with Crippen molar-refractivity contribution in [3.63, 3.8) is 0 Å². The molecule has 2 saturated heterocycles. The first-order valence-corrected chi connectivity index (χ1v) is 12.9. The smallest absolute Gasteiger partial charge is 0.242 e. The number of carbonyl (C=O) groups excluding carboxylic acids is 1. The summed E-state index contributed by atoms with van der Waals surface area (Å²) in [5, 5.41) is 3.62. The first-order valence-electron chi connectivity index (χ1n) is 11.8. The molecule has 1 aromatic heterocycles. The Balaban J connectivity index is 1.64. The number of hydrogen-bond donors (Lipinski definition) is 1. The minimum Gasteiger partial charge on any atom is -0.397 e. The normalized spacial score (nSPS) is 18.8. The number of pyridine rings is 1. The van der Waals surface area contributed by atoms with Crippen LogP contribution in [0, 0.1) is 10.3 Å². The van der Waals surface area contributed by atoms with E-state index >= 15 is 0 Å². The highest BCUT2D eigenvalue weighted by molar-refractivity contribution is 7.16. The maximum atomic E-state index is 14.1. The molecule has 3 heterocycles. The Kier molecular flexibility index (Phi) is 8.23. The average Bonchev–Trinajstić information content (AvgIpc) is 2.84. The van der Waals surface area contributed by atoms with E-state index in [9.17, 15) is 14.1 Å². The summed E-state index contributed by atoms with van der Waals surface area (Å²) in [6.45, 7) is 3.11. The maximum Gasteiger partial charge on any atom is 0.242 e. The molecule has 192 valence electrons. The molecule has 2 aliphatic heterocycles. The number of alkyl halides is 1. The Morgan fingerprint density at radius 1 is 1.25 bits per heavy atom. The van der Waals surface area contributed by atoms with Crippen molar-refractivity contribution in [1.82, 2.24) is 19.7 Å². The van der Waals surface area contributed by atoms with E-state index in [1.165, 1.54) is 6.20 Å². The van der Waals surface area contributed by atoms with Gasteiger partial charge in [0.25, 0.3) is 0 Å². The Labute approximate surface area is 217 Å². The van der Waals surface area contributed by atoms with E-state index in [-0.39, 0.29) is 24.8 Å². The summed E-state index contributed by atoms with van der Waals surface area (Å²) in [4.78, 5) is 34.6. The Bertz CT molecular complexity index is 1130. The number of carbonyl (C=O) groups is 1. The number of nitrogens with two attached hydrogens (primary N) is 1. The summed E-state index contributed by atoms with van der Waals surface area (Å²) in [6.07, 6.45) is 3.40. The first kappa shape index (κ1) is 26.5. The van der Waals surface area contributed by atoms with Crippen molar-refractivity contribution in [2.75, 3.05) is 46.4 Å². The van der Waals surface area contributed by atoms with Gasteiger partial charge in [0, 0.05) is 43.0 Å². The lowest BCUT2D eigenvalue weighted by molar-refractivity contribution is -0.136. The molecule has 2 aromatic rings. The van der Waals surface area contributed by atoms with Gasteiger partial charge >= 0.3 is 0 Å². The zero-order chi connectivity index (χ0) is 25.9. The molecule has 1 spiro atoms. The van der Waals surface area contributed by atoms with Gasteiger partial charge in [0.15, 0.2) is 12.6 Å². The van der Waals surface area contributed by atoms with E-state index in [0.29, 0.717) is 46.0 Å². The lowest BCUT2D eigenvalue weighted by Gasteiger charge is -2.53. The number of nitroso groups, excluding NO2 is 1. The van der Waals surface area contributed by atoms with Gasteiger partial charge in [-0.3, -0.25) is 9.78 Å². The number of rotatable bonds is 8. The molecule has 4 rings (SSSR count). The third kappa shape index (κ3) is 5.85. The predicted octanol–water partition coefficient (Wildman–Crippen LogP) is 3.94. The summed E-state index contributed by atoms with van der Waals surface area (Å²) < 4.78 is 14.1. The topological polar surface area (TPSA) is 95.1 Å². The molecule has 1 amide bonds. The van der Waals surface area contributed by atoms with Crippen LogP contribution in [0.25, 0.3) is 11.4 Å². The lowest BCUT2D eigenvalue weighted by atomic mass is 9.72. The highest BCUT2D eigenvalue weighted by atomic mass is 35.5. The van der Waals surface area contributed by atoms with Crippen LogP contribution < -0.4 is 5.73 Å². The molecule has 2 atom stereocenters. The number of likely N-dealkylation sites (tertiary alicyclic amines) is 2. The van der Waals surface area contributed by atoms with E-state index in [2.05, 4.69) is 31.3 Å². The van der Waals surface area contributed by atoms with Crippen molar-refractivity contribution >= 4 is 38.1 Å². The molecule has 8 nitrogen and oxygen atoms in total.